The highest BCUT2D eigenvalue weighted by Gasteiger charge is 2.37. The first-order chi connectivity index (χ1) is 12.3. The highest BCUT2D eigenvalue weighted by Crippen LogP contribution is 2.25. The van der Waals surface area contributed by atoms with Crippen LogP contribution in [0.1, 0.15) is 77.9 Å². The van der Waals surface area contributed by atoms with Gasteiger partial charge in [-0.1, -0.05) is 6.92 Å². The minimum atomic E-state index is -0.543. The first-order valence-electron chi connectivity index (χ1n) is 9.73. The number of nitrogens with zero attached hydrogens (tertiary/aromatic N) is 3. The van der Waals surface area contributed by atoms with Crippen molar-refractivity contribution in [3.05, 3.63) is 17.5 Å². The maximum absolute atomic E-state index is 13.2. The number of nitrogens with one attached hydrogen (secondary N) is 1. The standard InChI is InChI=1S/C20H34N4O3/c1-9-16-14(12-21-24(16)19(3,4)5)17(25)23-11-10-15(13(23)2)22-18(26)27-20(6,7)8/h12-13,15H,9-11H2,1-8H3,(H,22,26)/t13-,15+/m0/s1. The molecule has 0 bridgehead atoms. The zero-order chi connectivity index (χ0) is 20.6. The monoisotopic (exact) mass is 378 g/mol. The van der Waals surface area contributed by atoms with Crippen molar-refractivity contribution in [3.63, 3.8) is 0 Å². The topological polar surface area (TPSA) is 76.5 Å². The molecule has 2 heterocycles. The number of ether oxygens (including phenoxy) is 1. The second kappa shape index (κ2) is 7.52. The van der Waals surface area contributed by atoms with Crippen molar-refractivity contribution in [2.75, 3.05) is 6.54 Å². The summed E-state index contributed by atoms with van der Waals surface area (Å²) >= 11 is 0. The molecule has 1 aromatic heterocycles. The lowest BCUT2D eigenvalue weighted by molar-refractivity contribution is 0.0485. The van der Waals surface area contributed by atoms with Crippen molar-refractivity contribution in [2.45, 2.75) is 91.5 Å². The normalized spacial score (nSPS) is 20.7. The number of carbonyl (C=O) groups excluding carboxylic acids is 2. The minimum Gasteiger partial charge on any atom is -0.444 e. The third-order valence-corrected chi connectivity index (χ3v) is 4.79. The van der Waals surface area contributed by atoms with Gasteiger partial charge < -0.3 is 15.0 Å². The SMILES string of the molecule is CCc1c(C(=O)N2CC[C@@H](NC(=O)OC(C)(C)C)[C@@H]2C)cnn1C(C)(C)C. The Labute approximate surface area is 162 Å². The van der Waals surface area contributed by atoms with E-state index in [2.05, 4.69) is 31.2 Å². The molecule has 0 spiro atoms. The molecule has 7 heteroatoms. The van der Waals surface area contributed by atoms with E-state index in [4.69, 9.17) is 4.74 Å². The number of hydrogen-bond acceptors (Lipinski definition) is 4. The number of carbonyl (C=O) groups is 2. The first-order valence-corrected chi connectivity index (χ1v) is 9.73. The molecule has 1 aliphatic rings. The third kappa shape index (κ3) is 4.82. The van der Waals surface area contributed by atoms with Gasteiger partial charge in [-0.3, -0.25) is 9.48 Å². The number of hydrogen-bond donors (Lipinski definition) is 1. The summed E-state index contributed by atoms with van der Waals surface area (Å²) in [6, 6.07) is -0.223. The van der Waals surface area contributed by atoms with Crippen LogP contribution >= 0.6 is 0 Å². The molecule has 0 radical (unpaired) electrons. The van der Waals surface area contributed by atoms with Gasteiger partial charge in [-0.05, 0) is 61.3 Å². The summed E-state index contributed by atoms with van der Waals surface area (Å²) in [5.41, 5.74) is 0.876. The predicted molar refractivity (Wildman–Crippen MR) is 105 cm³/mol. The van der Waals surface area contributed by atoms with Gasteiger partial charge in [0.25, 0.3) is 5.91 Å². The second-order valence-corrected chi connectivity index (χ2v) is 9.22. The van der Waals surface area contributed by atoms with Gasteiger partial charge >= 0.3 is 6.09 Å². The Morgan fingerprint density at radius 1 is 1.26 bits per heavy atom. The lowest BCUT2D eigenvalue weighted by Gasteiger charge is -2.27. The van der Waals surface area contributed by atoms with Crippen LogP contribution in [0.5, 0.6) is 0 Å². The molecular formula is C20H34N4O3. The molecule has 0 aliphatic carbocycles. The zero-order valence-electron chi connectivity index (χ0n) is 17.9. The first kappa shape index (κ1) is 21.3. The van der Waals surface area contributed by atoms with E-state index in [0.717, 1.165) is 12.1 Å². The van der Waals surface area contributed by atoms with Crippen LogP contribution in [-0.2, 0) is 16.7 Å². The summed E-state index contributed by atoms with van der Waals surface area (Å²) in [6.07, 6.45) is 2.68. The van der Waals surface area contributed by atoms with Crippen LogP contribution in [0.2, 0.25) is 0 Å². The number of rotatable bonds is 3. The lowest BCUT2D eigenvalue weighted by Crippen LogP contribution is -2.46. The quantitative estimate of drug-likeness (QED) is 0.875. The molecule has 0 unspecified atom stereocenters. The van der Waals surface area contributed by atoms with Crippen molar-refractivity contribution in [3.8, 4) is 0 Å². The van der Waals surface area contributed by atoms with E-state index in [9.17, 15) is 9.59 Å². The molecule has 1 fully saturated rings. The number of alkyl carbamates (subject to hydrolysis) is 1. The fraction of sp³-hybridized carbons (Fsp3) is 0.750. The molecule has 1 N–H and O–H groups in total. The summed E-state index contributed by atoms with van der Waals surface area (Å²) in [5, 5.41) is 7.37. The van der Waals surface area contributed by atoms with Gasteiger partial charge in [0.1, 0.15) is 5.60 Å². The van der Waals surface area contributed by atoms with E-state index in [1.54, 1.807) is 6.20 Å². The van der Waals surface area contributed by atoms with E-state index in [1.165, 1.54) is 0 Å². The molecule has 7 nitrogen and oxygen atoms in total. The van der Waals surface area contributed by atoms with Gasteiger partial charge in [0, 0.05) is 12.6 Å². The van der Waals surface area contributed by atoms with Crippen LogP contribution in [0.4, 0.5) is 4.79 Å². The van der Waals surface area contributed by atoms with Crippen molar-refractivity contribution in [1.82, 2.24) is 20.0 Å². The van der Waals surface area contributed by atoms with Crippen LogP contribution < -0.4 is 5.32 Å². The summed E-state index contributed by atoms with van der Waals surface area (Å²) in [6.45, 7) is 16.3. The molecule has 1 aromatic rings. The fourth-order valence-electron chi connectivity index (χ4n) is 3.50. The summed E-state index contributed by atoms with van der Waals surface area (Å²) in [4.78, 5) is 27.1. The van der Waals surface area contributed by atoms with Gasteiger partial charge in [0.05, 0.1) is 29.0 Å². The van der Waals surface area contributed by atoms with E-state index < -0.39 is 11.7 Å². The number of likely N-dealkylation sites (tertiary alicyclic amines) is 1. The second-order valence-electron chi connectivity index (χ2n) is 9.22. The summed E-state index contributed by atoms with van der Waals surface area (Å²) < 4.78 is 7.27. The van der Waals surface area contributed by atoms with E-state index in [-0.39, 0.29) is 23.5 Å². The Hall–Kier alpha value is -2.05. The molecule has 152 valence electrons. The Bertz CT molecular complexity index is 697. The molecule has 27 heavy (non-hydrogen) atoms. The maximum Gasteiger partial charge on any atom is 0.407 e. The van der Waals surface area contributed by atoms with Crippen molar-refractivity contribution < 1.29 is 14.3 Å². The van der Waals surface area contributed by atoms with Crippen LogP contribution in [0.15, 0.2) is 6.20 Å². The highest BCUT2D eigenvalue weighted by atomic mass is 16.6. The van der Waals surface area contributed by atoms with E-state index >= 15 is 0 Å². The van der Waals surface area contributed by atoms with Gasteiger partial charge in [0.2, 0.25) is 0 Å². The third-order valence-electron chi connectivity index (χ3n) is 4.79. The zero-order valence-corrected chi connectivity index (χ0v) is 17.9. The Morgan fingerprint density at radius 2 is 1.89 bits per heavy atom. The molecule has 0 saturated carbocycles. The van der Waals surface area contributed by atoms with Crippen molar-refractivity contribution in [1.29, 1.82) is 0 Å². The lowest BCUT2D eigenvalue weighted by atomic mass is 10.1. The van der Waals surface area contributed by atoms with Gasteiger partial charge in [-0.15, -0.1) is 0 Å². The van der Waals surface area contributed by atoms with Crippen LogP contribution in [0, 0.1) is 0 Å². The largest absolute Gasteiger partial charge is 0.444 e. The summed E-state index contributed by atoms with van der Waals surface area (Å²) in [5.74, 6) is -0.0247. The van der Waals surface area contributed by atoms with Gasteiger partial charge in [-0.2, -0.15) is 5.10 Å². The molecule has 1 aliphatic heterocycles. The van der Waals surface area contributed by atoms with Gasteiger partial charge in [0.15, 0.2) is 0 Å². The molecule has 1 saturated heterocycles. The van der Waals surface area contributed by atoms with Crippen molar-refractivity contribution in [2.24, 2.45) is 0 Å². The number of aromatic nitrogens is 2. The maximum atomic E-state index is 13.2. The molecular weight excluding hydrogens is 344 g/mol. The Morgan fingerprint density at radius 3 is 2.41 bits per heavy atom. The van der Waals surface area contributed by atoms with E-state index in [1.807, 2.05) is 44.2 Å². The summed E-state index contributed by atoms with van der Waals surface area (Å²) in [7, 11) is 0. The highest BCUT2D eigenvalue weighted by molar-refractivity contribution is 5.95. The van der Waals surface area contributed by atoms with Gasteiger partial charge in [-0.25, -0.2) is 4.79 Å². The minimum absolute atomic E-state index is 0.0247. The fourth-order valence-corrected chi connectivity index (χ4v) is 3.50. The molecule has 0 aromatic carbocycles. The molecule has 2 atom stereocenters. The average Bonchev–Trinajstić information content (AvgIpc) is 3.09. The molecule has 2 amide bonds. The van der Waals surface area contributed by atoms with Crippen molar-refractivity contribution >= 4 is 12.0 Å². The van der Waals surface area contributed by atoms with E-state index in [0.29, 0.717) is 18.5 Å². The van der Waals surface area contributed by atoms with Crippen LogP contribution in [0.25, 0.3) is 0 Å². The Balaban J connectivity index is 2.13. The Kier molecular flexibility index (Phi) is 5.92. The average molecular weight is 379 g/mol. The predicted octanol–water partition coefficient (Wildman–Crippen LogP) is 3.33. The number of amides is 2. The van der Waals surface area contributed by atoms with Crippen LogP contribution in [0.3, 0.4) is 0 Å². The molecule has 2 rings (SSSR count). The van der Waals surface area contributed by atoms with Crippen LogP contribution in [-0.4, -0.2) is 50.9 Å². The smallest absolute Gasteiger partial charge is 0.407 e.